The summed E-state index contributed by atoms with van der Waals surface area (Å²) in [6, 6.07) is 23.5. The molecule has 2 heterocycles. The quantitative estimate of drug-likeness (QED) is 0.0497. The fraction of sp³-hybridized carbons (Fsp3) is 0.702. The molecule has 0 aliphatic carbocycles. The number of likely N-dealkylation sites (N-methyl/N-ethyl adjacent to an activating group) is 4. The number of methoxy groups -OCH3 is 4. The highest BCUT2D eigenvalue weighted by Gasteiger charge is 2.46. The van der Waals surface area contributed by atoms with E-state index in [0.29, 0.717) is 63.8 Å². The lowest BCUT2D eigenvalue weighted by molar-refractivity contribution is -0.149. The van der Waals surface area contributed by atoms with E-state index in [-0.39, 0.29) is 169 Å². The monoisotopic (exact) mass is 1620 g/mol. The maximum absolute atomic E-state index is 14.4. The van der Waals surface area contributed by atoms with Gasteiger partial charge in [0.15, 0.2) is 11.6 Å². The van der Waals surface area contributed by atoms with Crippen molar-refractivity contribution in [2.45, 2.75) is 280 Å². The number of ether oxygens (including phenoxy) is 4. The molecule has 0 radical (unpaired) electrons. The summed E-state index contributed by atoms with van der Waals surface area (Å²) in [7, 11) is 17.5. The molecule has 2 saturated heterocycles. The molecule has 0 aromatic heterocycles. The van der Waals surface area contributed by atoms with Crippen LogP contribution in [0.3, 0.4) is 0 Å². The molecule has 17 atom stereocenters. The number of anilines is 1. The van der Waals surface area contributed by atoms with E-state index in [4.69, 9.17) is 24.7 Å². The van der Waals surface area contributed by atoms with Gasteiger partial charge in [-0.15, -0.1) is 0 Å². The number of nitrogens with one attached hydrogen (secondary N) is 1. The van der Waals surface area contributed by atoms with Crippen LogP contribution in [0.25, 0.3) is 0 Å². The molecule has 3 N–H and O–H groups in total. The van der Waals surface area contributed by atoms with Crippen LogP contribution in [0.2, 0.25) is 0 Å². The number of carbonyl (C=O) groups excluding carboxylic acids is 10. The average molecular weight is 1620 g/mol. The van der Waals surface area contributed by atoms with E-state index in [1.807, 2.05) is 203 Å². The Labute approximate surface area is 698 Å². The summed E-state index contributed by atoms with van der Waals surface area (Å²) in [5.74, 6) is -2.63. The fourth-order valence-corrected chi connectivity index (χ4v) is 18.1. The highest BCUT2D eigenvalue weighted by molar-refractivity contribution is 5.92. The normalized spacial score (nSPS) is 18.4. The molecule has 2 aliphatic heterocycles. The van der Waals surface area contributed by atoms with Crippen molar-refractivity contribution >= 4 is 64.1 Å². The van der Waals surface area contributed by atoms with E-state index < -0.39 is 60.2 Å². The lowest BCUT2D eigenvalue weighted by atomic mass is 9.83. The predicted molar refractivity (Wildman–Crippen MR) is 462 cm³/mol. The number of benzene rings is 3. The molecular formula is C94H152N8O14. The molecule has 3 aromatic rings. The molecule has 22 nitrogen and oxygen atoms in total. The molecule has 0 unspecified atom stereocenters. The van der Waals surface area contributed by atoms with Crippen molar-refractivity contribution in [1.29, 1.82) is 0 Å². The number of carbonyl (C=O) groups is 10. The second-order valence-corrected chi connectivity index (χ2v) is 35.5. The number of nitrogen functional groups attached to an aromatic ring is 1. The molecule has 652 valence electrons. The summed E-state index contributed by atoms with van der Waals surface area (Å²) in [6.45, 7) is 31.5. The van der Waals surface area contributed by atoms with E-state index in [1.54, 1.807) is 52.3 Å². The third kappa shape index (κ3) is 30.0. The van der Waals surface area contributed by atoms with E-state index in [9.17, 15) is 47.9 Å². The standard InChI is InChI=1S/C51H80N4O7.C43H72N4O7/c1-13-35(6)49(54(10)51(60)42(33(2)3)31-45(58)48(34(4)5)53(8)9)46(61-11)32-47(59)55-27-17-20-43(55)50(62-12)36(7)44(57)30-39(28-38-18-15-14-16-19-38)29-41(56)26-23-37-21-24-40(52)25-22-37;1-14-30(7)41(46(11)43(52)33(27(2)3)24-36(49)40(28(4)5)45(9)10)37(53-12)25-39(51)47-23-15-16-34(47)42(54-13)31(8)35(48)21-22-38(50)44-26-32-19-17-29(6)18-20-32/h14-16,18-19,21-22,24-25,33-36,39,42-43,46,48-50H,13,17,20,23,26-32,52H2,1-12H3;17-20,27-28,30-31,33-34,37,40-42H,14-16,21-26H2,1-13H3,(H,44,50)/t35-,36-,39-,42-,43-,46+,48-,49-,50+;30-,31-,33-,34-,37+,40-,41-,42+/m00/s1. The maximum atomic E-state index is 14.4. The van der Waals surface area contributed by atoms with E-state index in [1.165, 1.54) is 0 Å². The predicted octanol–water partition coefficient (Wildman–Crippen LogP) is 13.4. The van der Waals surface area contributed by atoms with Crippen LogP contribution >= 0.6 is 0 Å². The van der Waals surface area contributed by atoms with Crippen LogP contribution in [0, 0.1) is 72.0 Å². The summed E-state index contributed by atoms with van der Waals surface area (Å²) in [4.78, 5) is 149. The summed E-state index contributed by atoms with van der Waals surface area (Å²) < 4.78 is 24.2. The van der Waals surface area contributed by atoms with E-state index >= 15 is 0 Å². The third-order valence-corrected chi connectivity index (χ3v) is 25.1. The molecule has 5 amide bonds. The number of likely N-dealkylation sites (tertiary alicyclic amines) is 2. The van der Waals surface area contributed by atoms with Gasteiger partial charge >= 0.3 is 0 Å². The van der Waals surface area contributed by atoms with Crippen molar-refractivity contribution in [3.63, 3.8) is 0 Å². The van der Waals surface area contributed by atoms with Crippen molar-refractivity contribution in [2.75, 3.05) is 89.5 Å². The lowest BCUT2D eigenvalue weighted by Crippen LogP contribution is -2.54. The van der Waals surface area contributed by atoms with Gasteiger partial charge in [0.1, 0.15) is 17.3 Å². The number of Topliss-reactive ketones (excluding diaryl/α,β-unsaturated/α-hetero) is 5. The number of nitrogens with two attached hydrogens (primary N) is 1. The zero-order chi connectivity index (χ0) is 87.1. The van der Waals surface area contributed by atoms with Crippen molar-refractivity contribution < 1.29 is 66.9 Å². The minimum Gasteiger partial charge on any atom is -0.399 e. The largest absolute Gasteiger partial charge is 0.399 e. The molecule has 22 heteroatoms. The van der Waals surface area contributed by atoms with Crippen molar-refractivity contribution in [2.24, 2.45) is 65.1 Å². The van der Waals surface area contributed by atoms with Gasteiger partial charge in [0.2, 0.25) is 29.5 Å². The maximum Gasteiger partial charge on any atom is 0.226 e. The minimum atomic E-state index is -0.599. The first-order valence-electron chi connectivity index (χ1n) is 43.1. The third-order valence-electron chi connectivity index (χ3n) is 25.1. The van der Waals surface area contributed by atoms with Gasteiger partial charge in [-0.1, -0.05) is 182 Å². The first kappa shape index (κ1) is 101. The van der Waals surface area contributed by atoms with Crippen LogP contribution < -0.4 is 11.1 Å². The van der Waals surface area contributed by atoms with Crippen LogP contribution in [0.15, 0.2) is 78.9 Å². The molecule has 0 saturated carbocycles. The molecule has 3 aromatic carbocycles. The van der Waals surface area contributed by atoms with Crippen LogP contribution in [-0.2, 0) is 86.3 Å². The van der Waals surface area contributed by atoms with Crippen LogP contribution in [0.1, 0.15) is 215 Å². The number of amides is 5. The number of ketones is 5. The summed E-state index contributed by atoms with van der Waals surface area (Å²) in [5.41, 5.74) is 10.8. The van der Waals surface area contributed by atoms with Crippen molar-refractivity contribution in [3.8, 4) is 0 Å². The summed E-state index contributed by atoms with van der Waals surface area (Å²) >= 11 is 0. The Hall–Kier alpha value is -7.08. The second-order valence-electron chi connectivity index (χ2n) is 35.5. The molecule has 0 bridgehead atoms. The van der Waals surface area contributed by atoms with Crippen LogP contribution in [-0.4, -0.2) is 232 Å². The highest BCUT2D eigenvalue weighted by atomic mass is 16.5. The number of aryl methyl sites for hydroxylation is 2. The second kappa shape index (κ2) is 50.1. The molecular weight excluding hydrogens is 1470 g/mol. The average Bonchev–Trinajstić information content (AvgIpc) is 1.41. The summed E-state index contributed by atoms with van der Waals surface area (Å²) in [6.07, 6.45) is 4.89. The first-order valence-corrected chi connectivity index (χ1v) is 43.1. The first-order chi connectivity index (χ1) is 54.7. The molecule has 2 aliphatic rings. The van der Waals surface area contributed by atoms with Crippen molar-refractivity contribution in [1.82, 2.24) is 34.7 Å². The van der Waals surface area contributed by atoms with Crippen molar-refractivity contribution in [3.05, 3.63) is 101 Å². The van der Waals surface area contributed by atoms with Gasteiger partial charge in [0.25, 0.3) is 0 Å². The van der Waals surface area contributed by atoms with Gasteiger partial charge in [-0.25, -0.2) is 0 Å². The van der Waals surface area contributed by atoms with Gasteiger partial charge in [0.05, 0.1) is 73.5 Å². The molecule has 5 rings (SSSR count). The zero-order valence-corrected chi connectivity index (χ0v) is 75.7. The SMILES string of the molecule is CC[C@H](C)[C@@H]([C@@H](CC(=O)N1CCC[C@H]1[C@H](OC)[C@@H](C)C(=O)CCC(=O)NCc1ccc(C)cc1)OC)N(C)C(=O)[C@@H](CC(=O)[C@H](C(C)C)N(C)C)C(C)C.CC[C@H](C)[C@@H]([C@@H](CC(=O)N1CCC[C@H]1[C@H](OC)[C@@H](C)C(=O)C[C@H](CC(=O)CCc1ccc(N)cc1)Cc1ccccc1)OC)N(C)C(=O)[C@@H](CC(=O)[C@H](C(C)C)N(C)C)C(C)C. The van der Waals surface area contributed by atoms with Crippen LogP contribution in [0.4, 0.5) is 5.69 Å². The minimum absolute atomic E-state index is 0.00238. The number of nitrogens with zero attached hydrogens (tertiary/aromatic N) is 6. The Morgan fingerprint density at radius 2 is 0.897 bits per heavy atom. The Morgan fingerprint density at radius 3 is 1.28 bits per heavy atom. The highest BCUT2D eigenvalue weighted by Crippen LogP contribution is 2.36. The number of hydrogen-bond acceptors (Lipinski definition) is 17. The van der Waals surface area contributed by atoms with Gasteiger partial charge in [0, 0.05) is 136 Å². The summed E-state index contributed by atoms with van der Waals surface area (Å²) in [5, 5.41) is 2.90. The van der Waals surface area contributed by atoms with Gasteiger partial charge < -0.3 is 49.6 Å². The molecule has 116 heavy (non-hydrogen) atoms. The Morgan fingerprint density at radius 1 is 0.474 bits per heavy atom. The van der Waals surface area contributed by atoms with E-state index in [0.717, 1.165) is 47.9 Å². The zero-order valence-electron chi connectivity index (χ0n) is 75.7. The Balaban J connectivity index is 0.000000493. The Bertz CT molecular complexity index is 3520. The fourth-order valence-electron chi connectivity index (χ4n) is 18.1. The van der Waals surface area contributed by atoms with E-state index in [2.05, 4.69) is 33.0 Å². The van der Waals surface area contributed by atoms with Gasteiger partial charge in [-0.2, -0.15) is 0 Å². The molecule has 0 spiro atoms. The smallest absolute Gasteiger partial charge is 0.226 e. The lowest BCUT2D eigenvalue weighted by Gasteiger charge is -2.41. The van der Waals surface area contributed by atoms with Gasteiger partial charge in [-0.05, 0) is 144 Å². The Kier molecular flexibility index (Phi) is 43.7. The topological polar surface area (TPSA) is 265 Å². The number of hydrogen-bond donors (Lipinski definition) is 2. The van der Waals surface area contributed by atoms with Crippen LogP contribution in [0.5, 0.6) is 0 Å². The van der Waals surface area contributed by atoms with Gasteiger partial charge in [-0.3, -0.25) is 57.7 Å². The molecule has 2 fully saturated rings. The number of rotatable bonds is 50.